The Morgan fingerprint density at radius 3 is 3.00 bits per heavy atom. The van der Waals surface area contributed by atoms with Crippen molar-refractivity contribution in [3.63, 3.8) is 0 Å². The molecular weight excluding hydrogens is 224 g/mol. The minimum absolute atomic E-state index is 0.177. The monoisotopic (exact) mass is 244 g/mol. The van der Waals surface area contributed by atoms with E-state index in [2.05, 4.69) is 30.4 Å². The van der Waals surface area contributed by atoms with Gasteiger partial charge in [-0.1, -0.05) is 19.1 Å². The maximum atomic E-state index is 12.4. The highest BCUT2D eigenvalue weighted by Crippen LogP contribution is 2.41. The van der Waals surface area contributed by atoms with Gasteiger partial charge in [-0.3, -0.25) is 4.79 Å². The van der Waals surface area contributed by atoms with Crippen molar-refractivity contribution in [2.24, 2.45) is 5.92 Å². The summed E-state index contributed by atoms with van der Waals surface area (Å²) in [4.78, 5) is 14.2. The predicted molar refractivity (Wildman–Crippen MR) is 72.9 cm³/mol. The van der Waals surface area contributed by atoms with Gasteiger partial charge in [-0.25, -0.2) is 0 Å². The van der Waals surface area contributed by atoms with E-state index in [0.717, 1.165) is 31.6 Å². The number of carbonyl (C=O) groups excluding carboxylic acids is 1. The quantitative estimate of drug-likeness (QED) is 0.818. The van der Waals surface area contributed by atoms with Gasteiger partial charge in [-0.15, -0.1) is 0 Å². The van der Waals surface area contributed by atoms with Gasteiger partial charge in [-0.2, -0.15) is 0 Å². The molecule has 1 N–H and O–H groups in total. The molecule has 0 aliphatic carbocycles. The molecule has 0 spiro atoms. The summed E-state index contributed by atoms with van der Waals surface area (Å²) in [6, 6.07) is 6.54. The first-order valence-corrected chi connectivity index (χ1v) is 6.83. The van der Waals surface area contributed by atoms with Gasteiger partial charge < -0.3 is 10.2 Å². The lowest BCUT2D eigenvalue weighted by atomic mass is 9.76. The summed E-state index contributed by atoms with van der Waals surface area (Å²) in [6.07, 6.45) is 2.01. The first-order valence-electron chi connectivity index (χ1n) is 6.83. The second-order valence-electron chi connectivity index (χ2n) is 5.35. The van der Waals surface area contributed by atoms with Crippen LogP contribution in [0.2, 0.25) is 0 Å². The Kier molecular flexibility index (Phi) is 2.86. The van der Waals surface area contributed by atoms with Crippen molar-refractivity contribution < 1.29 is 4.79 Å². The van der Waals surface area contributed by atoms with Gasteiger partial charge in [0, 0.05) is 31.1 Å². The van der Waals surface area contributed by atoms with Gasteiger partial charge in [0.05, 0.1) is 0 Å². The molecule has 0 aromatic heterocycles. The molecule has 1 aromatic carbocycles. The normalized spacial score (nSPS) is 26.8. The van der Waals surface area contributed by atoms with Crippen LogP contribution in [0.3, 0.4) is 0 Å². The molecule has 0 saturated carbocycles. The van der Waals surface area contributed by atoms with Crippen LogP contribution in [0.15, 0.2) is 18.2 Å². The lowest BCUT2D eigenvalue weighted by Crippen LogP contribution is -2.48. The summed E-state index contributed by atoms with van der Waals surface area (Å²) in [7, 11) is 1.91. The summed E-state index contributed by atoms with van der Waals surface area (Å²) in [6.45, 7) is 4.07. The Balaban J connectivity index is 2.10. The molecule has 0 radical (unpaired) electrons. The molecule has 2 aliphatic heterocycles. The fourth-order valence-corrected chi connectivity index (χ4v) is 3.27. The molecule has 1 saturated heterocycles. The van der Waals surface area contributed by atoms with Crippen molar-refractivity contribution in [2.45, 2.75) is 25.7 Å². The molecule has 18 heavy (non-hydrogen) atoms. The van der Waals surface area contributed by atoms with E-state index in [1.807, 2.05) is 11.9 Å². The summed E-state index contributed by atoms with van der Waals surface area (Å²) >= 11 is 0. The number of nitrogens with one attached hydrogen (secondary N) is 1. The van der Waals surface area contributed by atoms with Gasteiger partial charge in [0.1, 0.15) is 0 Å². The van der Waals surface area contributed by atoms with Crippen LogP contribution in [-0.4, -0.2) is 26.0 Å². The highest BCUT2D eigenvalue weighted by molar-refractivity contribution is 5.98. The SMILES string of the molecule is CCc1ccc2c(c1)C1CNCCC1C(=O)N2C. The van der Waals surface area contributed by atoms with Crippen LogP contribution in [0.1, 0.15) is 30.4 Å². The molecule has 2 atom stereocenters. The number of amides is 1. The van der Waals surface area contributed by atoms with Crippen LogP contribution in [0.4, 0.5) is 5.69 Å². The lowest BCUT2D eigenvalue weighted by Gasteiger charge is -2.40. The van der Waals surface area contributed by atoms with Crippen molar-refractivity contribution in [3.05, 3.63) is 29.3 Å². The van der Waals surface area contributed by atoms with Gasteiger partial charge >= 0.3 is 0 Å². The Morgan fingerprint density at radius 1 is 1.39 bits per heavy atom. The minimum Gasteiger partial charge on any atom is -0.316 e. The molecule has 1 amide bonds. The number of carbonyl (C=O) groups is 1. The number of piperidine rings is 1. The van der Waals surface area contributed by atoms with E-state index in [1.54, 1.807) is 0 Å². The highest BCUT2D eigenvalue weighted by atomic mass is 16.2. The molecule has 3 rings (SSSR count). The zero-order valence-corrected chi connectivity index (χ0v) is 11.1. The van der Waals surface area contributed by atoms with Gasteiger partial charge in [-0.05, 0) is 36.6 Å². The van der Waals surface area contributed by atoms with Crippen molar-refractivity contribution in [1.29, 1.82) is 0 Å². The van der Waals surface area contributed by atoms with E-state index in [-0.39, 0.29) is 5.92 Å². The van der Waals surface area contributed by atoms with E-state index >= 15 is 0 Å². The number of hydrogen-bond donors (Lipinski definition) is 1. The van der Waals surface area contributed by atoms with Gasteiger partial charge in [0.25, 0.3) is 0 Å². The van der Waals surface area contributed by atoms with Gasteiger partial charge in [0.2, 0.25) is 5.91 Å². The number of aryl methyl sites for hydroxylation is 1. The molecule has 1 aromatic rings. The number of hydrogen-bond acceptors (Lipinski definition) is 2. The minimum atomic E-state index is 0.177. The van der Waals surface area contributed by atoms with Crippen LogP contribution in [-0.2, 0) is 11.2 Å². The zero-order chi connectivity index (χ0) is 12.7. The molecular formula is C15H20N2O. The highest BCUT2D eigenvalue weighted by Gasteiger charge is 2.39. The average molecular weight is 244 g/mol. The lowest BCUT2D eigenvalue weighted by molar-refractivity contribution is -0.123. The fraction of sp³-hybridized carbons (Fsp3) is 0.533. The molecule has 1 fully saturated rings. The van der Waals surface area contributed by atoms with E-state index in [0.29, 0.717) is 11.8 Å². The average Bonchev–Trinajstić information content (AvgIpc) is 2.44. The third-order valence-corrected chi connectivity index (χ3v) is 4.39. The van der Waals surface area contributed by atoms with Crippen molar-refractivity contribution in [1.82, 2.24) is 5.32 Å². The maximum Gasteiger partial charge on any atom is 0.230 e. The number of nitrogens with zero attached hydrogens (tertiary/aromatic N) is 1. The zero-order valence-electron chi connectivity index (χ0n) is 11.1. The largest absolute Gasteiger partial charge is 0.316 e. The molecule has 0 bridgehead atoms. The number of benzene rings is 1. The van der Waals surface area contributed by atoms with E-state index in [4.69, 9.17) is 0 Å². The summed E-state index contributed by atoms with van der Waals surface area (Å²) < 4.78 is 0. The number of fused-ring (bicyclic) bond motifs is 3. The molecule has 96 valence electrons. The third kappa shape index (κ3) is 1.65. The fourth-order valence-electron chi connectivity index (χ4n) is 3.27. The maximum absolute atomic E-state index is 12.4. The second kappa shape index (κ2) is 4.39. The standard InChI is InChI=1S/C15H20N2O/c1-3-10-4-5-14-12(8-10)13-9-16-7-6-11(13)15(18)17(14)2/h4-5,8,11,13,16H,3,6-7,9H2,1-2H3. The first-order chi connectivity index (χ1) is 8.72. The summed E-state index contributed by atoms with van der Waals surface area (Å²) in [5.74, 6) is 0.832. The van der Waals surface area contributed by atoms with E-state index in [1.165, 1.54) is 11.1 Å². The molecule has 3 heteroatoms. The number of anilines is 1. The Labute approximate surface area is 108 Å². The first kappa shape index (κ1) is 11.7. The van der Waals surface area contributed by atoms with Gasteiger partial charge in [0.15, 0.2) is 0 Å². The third-order valence-electron chi connectivity index (χ3n) is 4.39. The van der Waals surface area contributed by atoms with Crippen molar-refractivity contribution in [3.8, 4) is 0 Å². The van der Waals surface area contributed by atoms with Crippen LogP contribution >= 0.6 is 0 Å². The second-order valence-corrected chi connectivity index (χ2v) is 5.35. The van der Waals surface area contributed by atoms with Crippen LogP contribution < -0.4 is 10.2 Å². The predicted octanol–water partition coefficient (Wildman–Crippen LogP) is 1.92. The van der Waals surface area contributed by atoms with Crippen molar-refractivity contribution >= 4 is 11.6 Å². The summed E-state index contributed by atoms with van der Waals surface area (Å²) in [5.41, 5.74) is 3.82. The molecule has 2 aliphatic rings. The number of rotatable bonds is 1. The Bertz CT molecular complexity index is 483. The van der Waals surface area contributed by atoms with E-state index < -0.39 is 0 Å². The van der Waals surface area contributed by atoms with Crippen LogP contribution in [0.25, 0.3) is 0 Å². The molecule has 2 heterocycles. The van der Waals surface area contributed by atoms with E-state index in [9.17, 15) is 4.79 Å². The smallest absolute Gasteiger partial charge is 0.230 e. The Hall–Kier alpha value is -1.35. The van der Waals surface area contributed by atoms with Crippen LogP contribution in [0.5, 0.6) is 0 Å². The van der Waals surface area contributed by atoms with Crippen LogP contribution in [0, 0.1) is 5.92 Å². The topological polar surface area (TPSA) is 32.3 Å². The summed E-state index contributed by atoms with van der Waals surface area (Å²) in [5, 5.41) is 3.43. The Morgan fingerprint density at radius 2 is 2.22 bits per heavy atom. The van der Waals surface area contributed by atoms with Crippen molar-refractivity contribution in [2.75, 3.05) is 25.0 Å². The molecule has 3 nitrogen and oxygen atoms in total. The molecule has 2 unspecified atom stereocenters.